The van der Waals surface area contributed by atoms with E-state index in [0.717, 1.165) is 5.39 Å². The highest BCUT2D eigenvalue weighted by molar-refractivity contribution is 5.82. The van der Waals surface area contributed by atoms with Crippen molar-refractivity contribution in [2.45, 2.75) is 19.1 Å². The van der Waals surface area contributed by atoms with Gasteiger partial charge in [0.2, 0.25) is 11.8 Å². The van der Waals surface area contributed by atoms with E-state index >= 15 is 0 Å². The van der Waals surface area contributed by atoms with Gasteiger partial charge in [-0.05, 0) is 29.7 Å². The molecule has 0 spiro atoms. The van der Waals surface area contributed by atoms with Gasteiger partial charge in [-0.2, -0.15) is 0 Å². The van der Waals surface area contributed by atoms with E-state index in [0.29, 0.717) is 30.0 Å². The fraction of sp³-hybridized carbons (Fsp3) is 0.261. The maximum Gasteiger partial charge on any atom is 0.258 e. The third-order valence-corrected chi connectivity index (χ3v) is 4.97. The minimum absolute atomic E-state index is 0.0993. The van der Waals surface area contributed by atoms with Crippen LogP contribution in [0.15, 0.2) is 65.6 Å². The lowest BCUT2D eigenvalue weighted by molar-refractivity contribution is -0.122. The van der Waals surface area contributed by atoms with Crippen molar-refractivity contribution in [3.8, 4) is 11.5 Å². The van der Waals surface area contributed by atoms with E-state index in [1.54, 1.807) is 24.4 Å². The summed E-state index contributed by atoms with van der Waals surface area (Å²) < 4.78 is 12.8. The van der Waals surface area contributed by atoms with Crippen molar-refractivity contribution >= 4 is 22.6 Å². The Morgan fingerprint density at radius 3 is 2.61 bits per heavy atom. The van der Waals surface area contributed by atoms with Gasteiger partial charge in [0.15, 0.2) is 11.5 Å². The van der Waals surface area contributed by atoms with E-state index in [4.69, 9.17) is 9.47 Å². The number of aromatic nitrogens is 1. The molecule has 2 heterocycles. The van der Waals surface area contributed by atoms with Gasteiger partial charge in [0, 0.05) is 24.5 Å². The molecule has 160 valence electrons. The van der Waals surface area contributed by atoms with E-state index in [9.17, 15) is 14.4 Å². The van der Waals surface area contributed by atoms with Gasteiger partial charge in [0.25, 0.3) is 5.56 Å². The molecule has 1 aromatic heterocycles. The average Bonchev–Trinajstić information content (AvgIpc) is 2.79. The number of nitrogens with one attached hydrogen (secondary N) is 2. The first-order valence-electron chi connectivity index (χ1n) is 10.1. The molecule has 0 saturated heterocycles. The predicted octanol–water partition coefficient (Wildman–Crippen LogP) is 1.46. The summed E-state index contributed by atoms with van der Waals surface area (Å²) in [6.45, 7) is 0.748. The van der Waals surface area contributed by atoms with Crippen LogP contribution >= 0.6 is 0 Å². The molecule has 31 heavy (non-hydrogen) atoms. The van der Waals surface area contributed by atoms with Gasteiger partial charge >= 0.3 is 0 Å². The number of pyridine rings is 1. The zero-order chi connectivity index (χ0) is 21.6. The second-order valence-electron chi connectivity index (χ2n) is 7.24. The van der Waals surface area contributed by atoms with Crippen molar-refractivity contribution in [1.29, 1.82) is 0 Å². The molecule has 2 amide bonds. The highest BCUT2D eigenvalue weighted by Gasteiger charge is 2.21. The number of carbonyl (C=O) groups excluding carboxylic acids is 2. The van der Waals surface area contributed by atoms with Crippen molar-refractivity contribution in [3.05, 3.63) is 71.1 Å². The van der Waals surface area contributed by atoms with Gasteiger partial charge in [0.1, 0.15) is 19.3 Å². The Labute approximate surface area is 178 Å². The number of para-hydroxylation sites is 2. The Kier molecular flexibility index (Phi) is 6.16. The summed E-state index contributed by atoms with van der Waals surface area (Å²) in [5, 5.41) is 6.85. The first-order valence-corrected chi connectivity index (χ1v) is 10.1. The van der Waals surface area contributed by atoms with E-state index in [1.165, 1.54) is 4.57 Å². The summed E-state index contributed by atoms with van der Waals surface area (Å²) in [6, 6.07) is 16.4. The summed E-state index contributed by atoms with van der Waals surface area (Å²) in [7, 11) is 0. The quantitative estimate of drug-likeness (QED) is 0.602. The smallest absolute Gasteiger partial charge is 0.258 e. The second kappa shape index (κ2) is 9.34. The van der Waals surface area contributed by atoms with Gasteiger partial charge in [-0.15, -0.1) is 0 Å². The Morgan fingerprint density at radius 2 is 1.74 bits per heavy atom. The SMILES string of the molecule is O=C(CCNC(=O)Cn1ccc2ccccc2c1=O)NCC1COc2ccccc2O1. The minimum atomic E-state index is -0.328. The number of rotatable bonds is 7. The lowest BCUT2D eigenvalue weighted by Gasteiger charge is -2.26. The van der Waals surface area contributed by atoms with Gasteiger partial charge in [-0.1, -0.05) is 30.3 Å². The number of benzene rings is 2. The molecule has 1 aliphatic heterocycles. The Morgan fingerprint density at radius 1 is 0.968 bits per heavy atom. The van der Waals surface area contributed by atoms with Crippen molar-refractivity contribution in [3.63, 3.8) is 0 Å². The molecule has 2 aromatic carbocycles. The highest BCUT2D eigenvalue weighted by Crippen LogP contribution is 2.30. The molecule has 0 aliphatic carbocycles. The summed E-state index contributed by atoms with van der Waals surface area (Å²) in [4.78, 5) is 36.7. The second-order valence-corrected chi connectivity index (χ2v) is 7.24. The van der Waals surface area contributed by atoms with E-state index in [-0.39, 0.29) is 43.0 Å². The lowest BCUT2D eigenvalue weighted by Crippen LogP contribution is -2.41. The van der Waals surface area contributed by atoms with E-state index in [1.807, 2.05) is 36.4 Å². The third-order valence-electron chi connectivity index (χ3n) is 4.97. The highest BCUT2D eigenvalue weighted by atomic mass is 16.6. The number of hydrogen-bond acceptors (Lipinski definition) is 5. The molecule has 1 atom stereocenters. The first-order chi connectivity index (χ1) is 15.1. The Bertz CT molecular complexity index is 1160. The van der Waals surface area contributed by atoms with Crippen LogP contribution in [-0.2, 0) is 16.1 Å². The zero-order valence-electron chi connectivity index (χ0n) is 16.9. The van der Waals surface area contributed by atoms with Crippen LogP contribution in [0.25, 0.3) is 10.8 Å². The molecule has 4 rings (SSSR count). The number of carbonyl (C=O) groups is 2. The molecule has 2 N–H and O–H groups in total. The standard InChI is InChI=1S/C23H23N3O5/c27-21(25-13-17-15-30-19-7-3-4-8-20(19)31-17)9-11-24-22(28)14-26-12-10-16-5-1-2-6-18(16)23(26)29/h1-8,10,12,17H,9,11,13-15H2,(H,24,28)(H,25,27). The van der Waals surface area contributed by atoms with Gasteiger partial charge in [-0.3, -0.25) is 14.4 Å². The monoisotopic (exact) mass is 421 g/mol. The molecule has 8 heteroatoms. The summed E-state index contributed by atoms with van der Waals surface area (Å²) in [5.74, 6) is 0.818. The van der Waals surface area contributed by atoms with Crippen molar-refractivity contribution in [2.24, 2.45) is 0 Å². The molecule has 0 bridgehead atoms. The predicted molar refractivity (Wildman–Crippen MR) is 115 cm³/mol. The fourth-order valence-electron chi connectivity index (χ4n) is 3.36. The van der Waals surface area contributed by atoms with Crippen molar-refractivity contribution < 1.29 is 19.1 Å². The van der Waals surface area contributed by atoms with Crippen LogP contribution in [0, 0.1) is 0 Å². The van der Waals surface area contributed by atoms with Crippen LogP contribution < -0.4 is 25.7 Å². The third kappa shape index (κ3) is 5.03. The number of amides is 2. The first kappa shape index (κ1) is 20.5. The van der Waals surface area contributed by atoms with Gasteiger partial charge < -0.3 is 24.7 Å². The Hall–Kier alpha value is -3.81. The molecular weight excluding hydrogens is 398 g/mol. The molecule has 0 radical (unpaired) electrons. The summed E-state index contributed by atoms with van der Waals surface area (Å²) >= 11 is 0. The normalized spacial score (nSPS) is 14.8. The lowest BCUT2D eigenvalue weighted by atomic mass is 10.2. The van der Waals surface area contributed by atoms with Crippen LogP contribution in [0.4, 0.5) is 0 Å². The maximum absolute atomic E-state index is 12.5. The fourth-order valence-corrected chi connectivity index (χ4v) is 3.36. The average molecular weight is 421 g/mol. The van der Waals surface area contributed by atoms with E-state index < -0.39 is 0 Å². The molecule has 1 unspecified atom stereocenters. The minimum Gasteiger partial charge on any atom is -0.486 e. The van der Waals surface area contributed by atoms with Crippen LogP contribution in [0.1, 0.15) is 6.42 Å². The Balaban J connectivity index is 1.19. The van der Waals surface area contributed by atoms with Crippen LogP contribution in [0.2, 0.25) is 0 Å². The van der Waals surface area contributed by atoms with Gasteiger partial charge in [0.05, 0.1) is 6.54 Å². The van der Waals surface area contributed by atoms with Crippen molar-refractivity contribution in [2.75, 3.05) is 19.7 Å². The van der Waals surface area contributed by atoms with Crippen molar-refractivity contribution in [1.82, 2.24) is 15.2 Å². The number of ether oxygens (including phenoxy) is 2. The molecule has 0 saturated carbocycles. The molecule has 0 fully saturated rings. The molecule has 8 nitrogen and oxygen atoms in total. The zero-order valence-corrected chi connectivity index (χ0v) is 16.9. The number of nitrogens with zero attached hydrogens (tertiary/aromatic N) is 1. The number of fused-ring (bicyclic) bond motifs is 2. The largest absolute Gasteiger partial charge is 0.486 e. The molecule has 3 aromatic rings. The van der Waals surface area contributed by atoms with Crippen LogP contribution in [0.5, 0.6) is 11.5 Å². The molecule has 1 aliphatic rings. The summed E-state index contributed by atoms with van der Waals surface area (Å²) in [6.07, 6.45) is 1.46. The maximum atomic E-state index is 12.5. The summed E-state index contributed by atoms with van der Waals surface area (Å²) in [5.41, 5.74) is -0.220. The number of hydrogen-bond donors (Lipinski definition) is 2. The van der Waals surface area contributed by atoms with Gasteiger partial charge in [-0.25, -0.2) is 0 Å². The van der Waals surface area contributed by atoms with Crippen LogP contribution in [-0.4, -0.2) is 42.2 Å². The van der Waals surface area contributed by atoms with E-state index in [2.05, 4.69) is 10.6 Å². The van der Waals surface area contributed by atoms with Crippen LogP contribution in [0.3, 0.4) is 0 Å². The topological polar surface area (TPSA) is 98.7 Å². The molecular formula is C23H23N3O5.